The molecule has 16 nitrogen and oxygen atoms in total. The summed E-state index contributed by atoms with van der Waals surface area (Å²) in [6.07, 6.45) is 0. The van der Waals surface area contributed by atoms with Gasteiger partial charge >= 0.3 is 7.51 Å². The molecule has 0 saturated carbocycles. The molecular weight excluding hydrogens is 727 g/mol. The standard InChI is InChI=1S/C29H81N16P5/c1-28(2,3)29(4,5)30-46(32-48(37(10)11,38(12)13)39(14)15,33-49(40(16)17,41(18)19)42(20)21)31-47(35(6)7,36(8)9)34-50(43(22)23,44(24)25)45(26)27/h1-27H3. The first-order chi connectivity index (χ1) is 22.2. The minimum Gasteiger partial charge on any atom is -0.252 e. The van der Waals surface area contributed by atoms with Crippen LogP contribution in [0.4, 0.5) is 0 Å². The van der Waals surface area contributed by atoms with Gasteiger partial charge in [0.25, 0.3) is 0 Å². The van der Waals surface area contributed by atoms with Crippen molar-refractivity contribution < 1.29 is 0 Å². The highest BCUT2D eigenvalue weighted by Gasteiger charge is 2.45. The molecule has 0 atom stereocenters. The van der Waals surface area contributed by atoms with Gasteiger partial charge in [0.05, 0.1) is 5.54 Å². The fourth-order valence-corrected chi connectivity index (χ4v) is 29.8. The van der Waals surface area contributed by atoms with E-state index >= 15 is 0 Å². The lowest BCUT2D eigenvalue weighted by molar-refractivity contribution is 0.235. The Balaban J connectivity index is 10.6. The van der Waals surface area contributed by atoms with E-state index in [9.17, 15) is 0 Å². The number of rotatable bonds is 16. The number of hydrogen-bond donors (Lipinski definition) is 0. The lowest BCUT2D eigenvalue weighted by Crippen LogP contribution is -2.35. The average molecular weight is 809 g/mol. The van der Waals surface area contributed by atoms with Gasteiger partial charge in [-0.3, -0.25) is 42.0 Å². The summed E-state index contributed by atoms with van der Waals surface area (Å²) in [6.45, 7) is 11.2. The zero-order valence-electron chi connectivity index (χ0n) is 37.4. The SMILES string of the molecule is CN(C)P(=NP(=NC(C)(C)C(C)(C)C)(N=P(N(C)C)(N(C)C)N(C)C)N=P(N(C)C)(N(C)C)N(C)C)(N=P(N(C)C)(N(C)C)N(C)C)N(C)C. The summed E-state index contributed by atoms with van der Waals surface area (Å²) >= 11 is 0. The van der Waals surface area contributed by atoms with Crippen molar-refractivity contribution in [1.82, 2.24) is 51.4 Å². The fraction of sp³-hybridized carbons (Fsp3) is 1.00. The lowest BCUT2D eigenvalue weighted by atomic mass is 9.77. The summed E-state index contributed by atoms with van der Waals surface area (Å²) in [5, 5.41) is 0. The molecule has 0 aliphatic carbocycles. The largest absolute Gasteiger partial charge is 0.307 e. The van der Waals surface area contributed by atoms with E-state index in [2.05, 4.69) is 241 Å². The molecule has 0 aromatic carbocycles. The van der Waals surface area contributed by atoms with Crippen LogP contribution in [0.15, 0.2) is 22.8 Å². The topological polar surface area (TPSA) is 97.4 Å². The second kappa shape index (κ2) is 18.1. The van der Waals surface area contributed by atoms with Crippen molar-refractivity contribution in [3.8, 4) is 0 Å². The minimum absolute atomic E-state index is 0.230. The van der Waals surface area contributed by atoms with Gasteiger partial charge < -0.3 is 0 Å². The number of hydrogen-bond acceptors (Lipinski definition) is 1. The van der Waals surface area contributed by atoms with Crippen molar-refractivity contribution in [1.29, 1.82) is 0 Å². The molecule has 0 aliphatic heterocycles. The Bertz CT molecular complexity index is 1250. The van der Waals surface area contributed by atoms with Gasteiger partial charge in [0, 0.05) is 0 Å². The summed E-state index contributed by atoms with van der Waals surface area (Å²) in [4.78, 5) is 0. The molecule has 50 heavy (non-hydrogen) atoms. The molecule has 0 unspecified atom stereocenters. The maximum Gasteiger partial charge on any atom is 0.307 e. The van der Waals surface area contributed by atoms with Crippen LogP contribution in [0.5, 0.6) is 0 Å². The molecule has 0 N–H and O–H groups in total. The molecule has 0 amide bonds. The van der Waals surface area contributed by atoms with E-state index < -0.39 is 43.1 Å². The normalized spacial score (nSPS) is 15.1. The van der Waals surface area contributed by atoms with Gasteiger partial charge in [0.2, 0.25) is 7.51 Å². The van der Waals surface area contributed by atoms with Gasteiger partial charge in [-0.1, -0.05) is 20.8 Å². The van der Waals surface area contributed by atoms with Crippen LogP contribution in [0.25, 0.3) is 0 Å². The molecule has 0 aromatic heterocycles. The predicted octanol–water partition coefficient (Wildman–Crippen LogP) is 7.72. The highest BCUT2D eigenvalue weighted by molar-refractivity contribution is 7.82. The Morgan fingerprint density at radius 1 is 0.300 bits per heavy atom. The van der Waals surface area contributed by atoms with E-state index in [1.165, 1.54) is 0 Å². The van der Waals surface area contributed by atoms with Gasteiger partial charge in [0.15, 0.2) is 22.5 Å². The van der Waals surface area contributed by atoms with Gasteiger partial charge in [-0.15, -0.1) is 0 Å². The number of nitrogens with zero attached hydrogens (tertiary/aromatic N) is 16. The summed E-state index contributed by atoms with van der Waals surface area (Å²) in [5.74, 6) is 0. The molecule has 0 aromatic rings. The quantitative estimate of drug-likeness (QED) is 0.144. The maximum atomic E-state index is 6.18. The van der Waals surface area contributed by atoms with Crippen molar-refractivity contribution >= 4 is 37.5 Å². The second-order valence-electron chi connectivity index (χ2n) is 16.3. The zero-order chi connectivity index (χ0) is 40.4. The van der Waals surface area contributed by atoms with E-state index in [1.807, 2.05) is 0 Å². The van der Waals surface area contributed by atoms with Gasteiger partial charge in [-0.05, 0) is 174 Å². The lowest BCUT2D eigenvalue weighted by Gasteiger charge is -2.47. The Kier molecular flexibility index (Phi) is 18.4. The van der Waals surface area contributed by atoms with Crippen LogP contribution in [-0.2, 0) is 0 Å². The van der Waals surface area contributed by atoms with Crippen LogP contribution >= 0.6 is 37.5 Å². The van der Waals surface area contributed by atoms with E-state index in [0.29, 0.717) is 0 Å². The Morgan fingerprint density at radius 3 is 0.700 bits per heavy atom. The molecule has 0 saturated heterocycles. The molecule has 0 spiro atoms. The Labute approximate surface area is 311 Å². The third-order valence-corrected chi connectivity index (χ3v) is 29.3. The molecule has 0 fully saturated rings. The first-order valence-electron chi connectivity index (χ1n) is 16.8. The van der Waals surface area contributed by atoms with Crippen molar-refractivity contribution in [3.63, 3.8) is 0 Å². The third-order valence-electron chi connectivity index (χ3n) is 9.08. The Hall–Kier alpha value is 0.710. The van der Waals surface area contributed by atoms with E-state index in [4.69, 9.17) is 22.8 Å². The molecule has 0 heterocycles. The van der Waals surface area contributed by atoms with Crippen molar-refractivity contribution in [2.45, 2.75) is 40.2 Å². The summed E-state index contributed by atoms with van der Waals surface area (Å²) in [5.41, 5.74) is -0.810. The van der Waals surface area contributed by atoms with Crippen LogP contribution < -0.4 is 0 Å². The van der Waals surface area contributed by atoms with Crippen molar-refractivity contribution in [3.05, 3.63) is 0 Å². The molecular formula is C29H81N16P5. The monoisotopic (exact) mass is 809 g/mol. The van der Waals surface area contributed by atoms with Crippen molar-refractivity contribution in [2.24, 2.45) is 28.2 Å². The van der Waals surface area contributed by atoms with Crippen molar-refractivity contribution in [2.75, 3.05) is 155 Å². The fourth-order valence-electron chi connectivity index (χ4n) is 5.88. The smallest absolute Gasteiger partial charge is 0.252 e. The van der Waals surface area contributed by atoms with Crippen LogP contribution in [0.2, 0.25) is 0 Å². The summed E-state index contributed by atoms with van der Waals surface area (Å²) in [7, 11) is 32.1. The molecule has 0 aliphatic rings. The molecule has 0 radical (unpaired) electrons. The average Bonchev–Trinajstić information content (AvgIpc) is 2.89. The highest BCUT2D eigenvalue weighted by atomic mass is 31.3. The van der Waals surface area contributed by atoms with Crippen LogP contribution in [0.1, 0.15) is 34.6 Å². The van der Waals surface area contributed by atoms with E-state index in [1.54, 1.807) is 0 Å². The maximum absolute atomic E-state index is 6.18. The first kappa shape index (κ1) is 50.7. The minimum atomic E-state index is -3.50. The zero-order valence-corrected chi connectivity index (χ0v) is 41.9. The second-order valence-corrected chi connectivity index (χ2v) is 33.5. The summed E-state index contributed by atoms with van der Waals surface area (Å²) in [6, 6.07) is 0. The molecule has 0 rings (SSSR count). The predicted molar refractivity (Wildman–Crippen MR) is 231 cm³/mol. The summed E-state index contributed by atoms with van der Waals surface area (Å²) < 4.78 is 55.0. The van der Waals surface area contributed by atoms with Crippen LogP contribution in [-0.4, -0.2) is 212 Å². The van der Waals surface area contributed by atoms with E-state index in [-0.39, 0.29) is 5.41 Å². The van der Waals surface area contributed by atoms with Crippen LogP contribution in [0.3, 0.4) is 0 Å². The first-order valence-corrected chi connectivity index (χ1v) is 24.8. The van der Waals surface area contributed by atoms with Gasteiger partial charge in [-0.25, -0.2) is 14.1 Å². The molecule has 302 valence electrons. The third kappa shape index (κ3) is 9.92. The molecule has 0 bridgehead atoms. The van der Waals surface area contributed by atoms with E-state index in [0.717, 1.165) is 0 Å². The molecule has 21 heteroatoms. The Morgan fingerprint density at radius 2 is 0.520 bits per heavy atom. The van der Waals surface area contributed by atoms with Gasteiger partial charge in [-0.2, -0.15) is 18.1 Å². The highest BCUT2D eigenvalue weighted by Crippen LogP contribution is 2.80. The van der Waals surface area contributed by atoms with Crippen LogP contribution in [0, 0.1) is 5.41 Å². The van der Waals surface area contributed by atoms with Gasteiger partial charge in [0.1, 0.15) is 0 Å².